The van der Waals surface area contributed by atoms with Crippen molar-refractivity contribution in [3.8, 4) is 0 Å². The first-order valence-electron chi connectivity index (χ1n) is 11.6. The largest absolute Gasteiger partial charge is 0.463 e. The summed E-state index contributed by atoms with van der Waals surface area (Å²) in [5.41, 5.74) is 0.468. The van der Waals surface area contributed by atoms with Gasteiger partial charge in [0.2, 0.25) is 5.91 Å². The van der Waals surface area contributed by atoms with Gasteiger partial charge in [-0.25, -0.2) is 4.98 Å². The lowest BCUT2D eigenvalue weighted by atomic mass is 10.1. The van der Waals surface area contributed by atoms with E-state index in [1.807, 2.05) is 23.6 Å². The minimum atomic E-state index is -4.38. The molecule has 0 atom stereocenters. The maximum Gasteiger partial charge on any atom is 0.416 e. The molecule has 2 heterocycles. The molecule has 0 radical (unpaired) electrons. The van der Waals surface area contributed by atoms with Crippen LogP contribution in [0.4, 0.5) is 24.0 Å². The number of amides is 1. The summed E-state index contributed by atoms with van der Waals surface area (Å²) in [6, 6.07) is 5.30. The lowest BCUT2D eigenvalue weighted by Gasteiger charge is -2.35. The van der Waals surface area contributed by atoms with Crippen molar-refractivity contribution in [2.24, 2.45) is 0 Å². The van der Waals surface area contributed by atoms with Gasteiger partial charge in [0.25, 0.3) is 0 Å². The number of benzene rings is 1. The zero-order valence-corrected chi connectivity index (χ0v) is 21.1. The molecule has 1 aliphatic heterocycles. The number of esters is 1. The highest BCUT2D eigenvalue weighted by Crippen LogP contribution is 2.32. The molecule has 3 rings (SSSR count). The first kappa shape index (κ1) is 26.9. The van der Waals surface area contributed by atoms with E-state index in [-0.39, 0.29) is 36.9 Å². The van der Waals surface area contributed by atoms with Crippen molar-refractivity contribution >= 4 is 34.0 Å². The number of rotatable bonds is 8. The van der Waals surface area contributed by atoms with E-state index >= 15 is 0 Å². The van der Waals surface area contributed by atoms with Crippen molar-refractivity contribution in [3.63, 3.8) is 0 Å². The van der Waals surface area contributed by atoms with Gasteiger partial charge < -0.3 is 15.0 Å². The van der Waals surface area contributed by atoms with Crippen molar-refractivity contribution in [1.82, 2.24) is 9.88 Å². The zero-order valence-electron chi connectivity index (χ0n) is 20.3. The van der Waals surface area contributed by atoms with Crippen LogP contribution in [0, 0.1) is 0 Å². The number of carbonyl (C=O) groups excluding carboxylic acids is 2. The van der Waals surface area contributed by atoms with Gasteiger partial charge in [0.1, 0.15) is 0 Å². The summed E-state index contributed by atoms with van der Waals surface area (Å²) in [5.74, 6) is -0.439. The second-order valence-corrected chi connectivity index (χ2v) is 10.1. The molecular weight excluding hydrogens is 481 g/mol. The van der Waals surface area contributed by atoms with Crippen LogP contribution in [0.1, 0.15) is 49.7 Å². The summed E-state index contributed by atoms with van der Waals surface area (Å²) in [5, 5.41) is 3.26. The van der Waals surface area contributed by atoms with Crippen molar-refractivity contribution < 1.29 is 27.5 Å². The predicted molar refractivity (Wildman–Crippen MR) is 130 cm³/mol. The Morgan fingerprint density at radius 2 is 1.83 bits per heavy atom. The zero-order chi connectivity index (χ0) is 25.8. The Morgan fingerprint density at radius 1 is 1.14 bits per heavy atom. The van der Waals surface area contributed by atoms with Crippen LogP contribution in [0.15, 0.2) is 24.3 Å². The molecule has 2 aromatic rings. The highest BCUT2D eigenvalue weighted by Gasteiger charge is 2.31. The van der Waals surface area contributed by atoms with Gasteiger partial charge in [-0.3, -0.25) is 14.5 Å². The van der Waals surface area contributed by atoms with Crippen molar-refractivity contribution in [1.29, 1.82) is 0 Å². The molecule has 1 amide bonds. The van der Waals surface area contributed by atoms with E-state index in [0.717, 1.165) is 17.0 Å². The SMILES string of the molecule is CC(C)OC(=O)Cc1nc(NC(=O)CN2CCN(c3cccc(C(F)(F)F)c3)CC2)sc1C(C)C. The number of piperazine rings is 1. The lowest BCUT2D eigenvalue weighted by Crippen LogP contribution is -2.48. The van der Waals surface area contributed by atoms with Gasteiger partial charge in [-0.1, -0.05) is 19.9 Å². The maximum absolute atomic E-state index is 13.0. The van der Waals surface area contributed by atoms with Crippen LogP contribution in [0.25, 0.3) is 0 Å². The number of thiazole rings is 1. The van der Waals surface area contributed by atoms with E-state index in [1.165, 1.54) is 17.4 Å². The molecule has 1 aromatic heterocycles. The number of aromatic nitrogens is 1. The number of nitrogens with one attached hydrogen (secondary N) is 1. The van der Waals surface area contributed by atoms with E-state index in [4.69, 9.17) is 4.74 Å². The molecule has 192 valence electrons. The number of hydrogen-bond donors (Lipinski definition) is 1. The summed E-state index contributed by atoms with van der Waals surface area (Å²) < 4.78 is 44.2. The first-order chi connectivity index (χ1) is 16.4. The molecular formula is C24H31F3N4O3S. The van der Waals surface area contributed by atoms with Crippen LogP contribution in [0.3, 0.4) is 0 Å². The quantitative estimate of drug-likeness (QED) is 0.524. The van der Waals surface area contributed by atoms with E-state index in [9.17, 15) is 22.8 Å². The van der Waals surface area contributed by atoms with Gasteiger partial charge >= 0.3 is 12.1 Å². The van der Waals surface area contributed by atoms with Gasteiger partial charge in [-0.05, 0) is 38.0 Å². The normalized spacial score (nSPS) is 15.1. The molecule has 7 nitrogen and oxygen atoms in total. The fourth-order valence-corrected chi connectivity index (χ4v) is 4.84. The third kappa shape index (κ3) is 7.66. The minimum Gasteiger partial charge on any atom is -0.463 e. The minimum absolute atomic E-state index is 0.0512. The first-order valence-corrected chi connectivity index (χ1v) is 12.4. The van der Waals surface area contributed by atoms with Crippen LogP contribution >= 0.6 is 11.3 Å². The summed E-state index contributed by atoms with van der Waals surface area (Å²) in [6.45, 7) is 9.85. The standard InChI is InChI=1S/C24H31F3N4O3S/c1-15(2)22-19(13-21(33)34-16(3)4)28-23(35-22)29-20(32)14-30-8-10-31(11-9-30)18-7-5-6-17(12-18)24(25,26)27/h5-7,12,15-16H,8-11,13-14H2,1-4H3,(H,28,29,32). The predicted octanol–water partition coefficient (Wildman–Crippen LogP) is 4.54. The van der Waals surface area contributed by atoms with Gasteiger partial charge in [0.15, 0.2) is 5.13 Å². The fraction of sp³-hybridized carbons (Fsp3) is 0.542. The number of alkyl halides is 3. The average molecular weight is 513 g/mol. The second kappa shape index (κ2) is 11.4. The van der Waals surface area contributed by atoms with E-state index in [0.29, 0.717) is 42.7 Å². The van der Waals surface area contributed by atoms with Gasteiger partial charge in [0, 0.05) is 36.7 Å². The molecule has 0 aliphatic carbocycles. The molecule has 1 aliphatic rings. The molecule has 1 saturated heterocycles. The fourth-order valence-electron chi connectivity index (χ4n) is 3.84. The van der Waals surface area contributed by atoms with Crippen LogP contribution in [0.2, 0.25) is 0 Å². The number of anilines is 2. The molecule has 0 spiro atoms. The summed E-state index contributed by atoms with van der Waals surface area (Å²) in [4.78, 5) is 33.9. The number of nitrogens with zero attached hydrogens (tertiary/aromatic N) is 3. The molecule has 1 fully saturated rings. The third-order valence-electron chi connectivity index (χ3n) is 5.46. The number of hydrogen-bond acceptors (Lipinski definition) is 7. The second-order valence-electron chi connectivity index (χ2n) is 9.06. The van der Waals surface area contributed by atoms with Gasteiger partial charge in [-0.2, -0.15) is 13.2 Å². The summed E-state index contributed by atoms with van der Waals surface area (Å²) in [7, 11) is 0. The van der Waals surface area contributed by atoms with Crippen LogP contribution in [-0.4, -0.2) is 60.6 Å². The third-order valence-corrected chi connectivity index (χ3v) is 6.77. The maximum atomic E-state index is 13.0. The topological polar surface area (TPSA) is 74.8 Å². The van der Waals surface area contributed by atoms with Crippen molar-refractivity contribution in [3.05, 3.63) is 40.4 Å². The highest BCUT2D eigenvalue weighted by atomic mass is 32.1. The smallest absolute Gasteiger partial charge is 0.416 e. The summed E-state index contributed by atoms with van der Waals surface area (Å²) in [6.07, 6.45) is -4.54. The van der Waals surface area contributed by atoms with Gasteiger partial charge in [-0.15, -0.1) is 11.3 Å². The molecule has 11 heteroatoms. The van der Waals surface area contributed by atoms with Crippen LogP contribution in [0.5, 0.6) is 0 Å². The highest BCUT2D eigenvalue weighted by molar-refractivity contribution is 7.16. The van der Waals surface area contributed by atoms with Crippen molar-refractivity contribution in [2.75, 3.05) is 42.9 Å². The molecule has 0 saturated carbocycles. The molecule has 0 bridgehead atoms. The van der Waals surface area contributed by atoms with Crippen LogP contribution < -0.4 is 10.2 Å². The lowest BCUT2D eigenvalue weighted by molar-refractivity contribution is -0.146. The molecule has 1 N–H and O–H groups in total. The molecule has 0 unspecified atom stereocenters. The van der Waals surface area contributed by atoms with Gasteiger partial charge in [0.05, 0.1) is 30.3 Å². The van der Waals surface area contributed by atoms with E-state index in [1.54, 1.807) is 19.9 Å². The Bertz CT molecular complexity index is 1030. The number of halogens is 3. The molecule has 1 aromatic carbocycles. The van der Waals surface area contributed by atoms with Crippen molar-refractivity contribution in [2.45, 2.75) is 52.3 Å². The Hall–Kier alpha value is -2.66. The Balaban J connectivity index is 1.54. The van der Waals surface area contributed by atoms with E-state index in [2.05, 4.69) is 10.3 Å². The Morgan fingerprint density at radius 3 is 2.43 bits per heavy atom. The Kier molecular flexibility index (Phi) is 8.76. The number of carbonyl (C=O) groups is 2. The monoisotopic (exact) mass is 512 g/mol. The van der Waals surface area contributed by atoms with Crippen LogP contribution in [-0.2, 0) is 26.9 Å². The average Bonchev–Trinajstić information content (AvgIpc) is 3.15. The van der Waals surface area contributed by atoms with E-state index < -0.39 is 11.7 Å². The molecule has 35 heavy (non-hydrogen) atoms. The summed E-state index contributed by atoms with van der Waals surface area (Å²) >= 11 is 1.35. The number of ether oxygens (including phenoxy) is 1. The Labute approximate surface area is 207 Å².